The predicted molar refractivity (Wildman–Crippen MR) is 50.5 cm³/mol. The summed E-state index contributed by atoms with van der Waals surface area (Å²) in [4.78, 5) is 0. The maximum atomic E-state index is 12.5. The highest BCUT2D eigenvalue weighted by Gasteiger charge is 2.31. The fourth-order valence-corrected chi connectivity index (χ4v) is 1.59. The summed E-state index contributed by atoms with van der Waals surface area (Å²) in [5.41, 5.74) is 0.464. The van der Waals surface area contributed by atoms with E-state index in [0.717, 1.165) is 17.5 Å². The van der Waals surface area contributed by atoms with Crippen LogP contribution >= 0.6 is 0 Å². The number of hydrogen-bond acceptors (Lipinski definition) is 1. The van der Waals surface area contributed by atoms with Gasteiger partial charge in [0.15, 0.2) is 0 Å². The molecule has 2 rings (SSSR count). The first kappa shape index (κ1) is 10.0. The lowest BCUT2D eigenvalue weighted by atomic mass is 10.1. The van der Waals surface area contributed by atoms with E-state index >= 15 is 0 Å². The molecular weight excluding hydrogens is 205 g/mol. The van der Waals surface area contributed by atoms with Crippen LogP contribution in [0.4, 0.5) is 13.2 Å². The van der Waals surface area contributed by atoms with Crippen molar-refractivity contribution in [2.45, 2.75) is 13.1 Å². The monoisotopic (exact) mass is 214 g/mol. The van der Waals surface area contributed by atoms with Crippen molar-refractivity contribution >= 4 is 10.9 Å². The van der Waals surface area contributed by atoms with Crippen molar-refractivity contribution in [3.05, 3.63) is 29.5 Å². The molecule has 2 nitrogen and oxygen atoms in total. The number of aryl methyl sites for hydroxylation is 2. The van der Waals surface area contributed by atoms with Gasteiger partial charge in [-0.15, -0.1) is 0 Å². The van der Waals surface area contributed by atoms with Gasteiger partial charge in [0.2, 0.25) is 0 Å². The molecule has 0 aliphatic carbocycles. The highest BCUT2D eigenvalue weighted by atomic mass is 19.4. The van der Waals surface area contributed by atoms with Gasteiger partial charge in [0, 0.05) is 12.4 Å². The molecule has 0 bridgehead atoms. The van der Waals surface area contributed by atoms with Crippen molar-refractivity contribution in [3.63, 3.8) is 0 Å². The van der Waals surface area contributed by atoms with E-state index in [1.165, 1.54) is 4.68 Å². The van der Waals surface area contributed by atoms with Crippen LogP contribution in [0.25, 0.3) is 10.9 Å². The topological polar surface area (TPSA) is 17.8 Å². The van der Waals surface area contributed by atoms with Gasteiger partial charge in [-0.1, -0.05) is 0 Å². The number of nitrogens with zero attached hydrogens (tertiary/aromatic N) is 2. The van der Waals surface area contributed by atoms with Crippen LogP contribution in [0.5, 0.6) is 0 Å². The molecule has 0 amide bonds. The van der Waals surface area contributed by atoms with E-state index in [9.17, 15) is 13.2 Å². The molecule has 0 radical (unpaired) electrons. The van der Waals surface area contributed by atoms with E-state index in [4.69, 9.17) is 0 Å². The van der Waals surface area contributed by atoms with Gasteiger partial charge >= 0.3 is 6.18 Å². The minimum Gasteiger partial charge on any atom is -0.268 e. The molecule has 15 heavy (non-hydrogen) atoms. The molecule has 0 fully saturated rings. The molecule has 0 saturated heterocycles. The zero-order valence-corrected chi connectivity index (χ0v) is 8.26. The van der Waals surface area contributed by atoms with Crippen molar-refractivity contribution in [3.8, 4) is 0 Å². The second kappa shape index (κ2) is 2.98. The molecule has 0 aliphatic rings. The summed E-state index contributed by atoms with van der Waals surface area (Å²) in [5.74, 6) is 0. The van der Waals surface area contributed by atoms with Crippen molar-refractivity contribution in [2.24, 2.45) is 7.05 Å². The maximum absolute atomic E-state index is 12.5. The van der Waals surface area contributed by atoms with E-state index in [0.29, 0.717) is 11.1 Å². The number of hydrogen-bond donors (Lipinski definition) is 0. The van der Waals surface area contributed by atoms with Crippen LogP contribution in [0.1, 0.15) is 11.1 Å². The molecule has 0 aliphatic heterocycles. The Morgan fingerprint density at radius 3 is 2.53 bits per heavy atom. The lowest BCUT2D eigenvalue weighted by molar-refractivity contribution is -0.137. The van der Waals surface area contributed by atoms with E-state index < -0.39 is 11.7 Å². The zero-order valence-electron chi connectivity index (χ0n) is 8.26. The molecular formula is C10H9F3N2. The second-order valence-electron chi connectivity index (χ2n) is 3.49. The van der Waals surface area contributed by atoms with Crippen LogP contribution < -0.4 is 0 Å². The van der Waals surface area contributed by atoms with Crippen LogP contribution in [0.2, 0.25) is 0 Å². The average molecular weight is 214 g/mol. The van der Waals surface area contributed by atoms with E-state index in [-0.39, 0.29) is 0 Å². The predicted octanol–water partition coefficient (Wildman–Crippen LogP) is 2.90. The molecule has 5 heteroatoms. The summed E-state index contributed by atoms with van der Waals surface area (Å²) in [7, 11) is 1.63. The van der Waals surface area contributed by atoms with Crippen LogP contribution in [0.15, 0.2) is 18.3 Å². The van der Waals surface area contributed by atoms with Gasteiger partial charge < -0.3 is 0 Å². The summed E-state index contributed by atoms with van der Waals surface area (Å²) in [6.07, 6.45) is -2.73. The average Bonchev–Trinajstić information content (AvgIpc) is 2.47. The van der Waals surface area contributed by atoms with Crippen molar-refractivity contribution in [2.75, 3.05) is 0 Å². The molecule has 1 heterocycles. The van der Waals surface area contributed by atoms with Crippen molar-refractivity contribution in [1.29, 1.82) is 0 Å². The molecule has 1 aromatic heterocycles. The molecule has 2 aromatic rings. The standard InChI is InChI=1S/C10H9F3N2/c1-6-3-7(10(11,12)13)4-9-8(6)5-14-15(9)2/h3-5H,1-2H3. The van der Waals surface area contributed by atoms with Gasteiger partial charge in [-0.3, -0.25) is 4.68 Å². The van der Waals surface area contributed by atoms with E-state index in [2.05, 4.69) is 5.10 Å². The van der Waals surface area contributed by atoms with Gasteiger partial charge in [-0.2, -0.15) is 18.3 Å². The quantitative estimate of drug-likeness (QED) is 0.659. The fraction of sp³-hybridized carbons (Fsp3) is 0.300. The molecule has 0 unspecified atom stereocenters. The number of halogens is 3. The Balaban J connectivity index is 2.76. The maximum Gasteiger partial charge on any atom is 0.416 e. The second-order valence-corrected chi connectivity index (χ2v) is 3.49. The first-order chi connectivity index (χ1) is 6.89. The Labute approximate surface area is 84.3 Å². The largest absolute Gasteiger partial charge is 0.416 e. The Kier molecular flexibility index (Phi) is 1.99. The molecule has 80 valence electrons. The van der Waals surface area contributed by atoms with Crippen LogP contribution in [-0.2, 0) is 13.2 Å². The summed E-state index contributed by atoms with van der Waals surface area (Å²) in [5, 5.41) is 4.68. The summed E-state index contributed by atoms with van der Waals surface area (Å²) < 4.78 is 39.0. The van der Waals surface area contributed by atoms with Crippen LogP contribution in [0, 0.1) is 6.92 Å². The number of alkyl halides is 3. The number of fused-ring (bicyclic) bond motifs is 1. The molecule has 1 aromatic carbocycles. The third-order valence-corrected chi connectivity index (χ3v) is 2.40. The lowest BCUT2D eigenvalue weighted by Gasteiger charge is -2.08. The van der Waals surface area contributed by atoms with Crippen molar-refractivity contribution < 1.29 is 13.2 Å². The molecule has 0 N–H and O–H groups in total. The summed E-state index contributed by atoms with van der Waals surface area (Å²) >= 11 is 0. The highest BCUT2D eigenvalue weighted by Crippen LogP contribution is 2.32. The number of rotatable bonds is 0. The van der Waals surface area contributed by atoms with Crippen LogP contribution in [0.3, 0.4) is 0 Å². The van der Waals surface area contributed by atoms with Crippen LogP contribution in [-0.4, -0.2) is 9.78 Å². The SMILES string of the molecule is Cc1cc(C(F)(F)F)cc2c1cnn2C. The van der Waals surface area contributed by atoms with Gasteiger partial charge in [0.25, 0.3) is 0 Å². The highest BCUT2D eigenvalue weighted by molar-refractivity contribution is 5.83. The van der Waals surface area contributed by atoms with E-state index in [1.54, 1.807) is 20.2 Å². The number of aromatic nitrogens is 2. The summed E-state index contributed by atoms with van der Waals surface area (Å²) in [6.45, 7) is 1.65. The number of benzene rings is 1. The van der Waals surface area contributed by atoms with E-state index in [1.807, 2.05) is 0 Å². The fourth-order valence-electron chi connectivity index (χ4n) is 1.59. The van der Waals surface area contributed by atoms with Gasteiger partial charge in [0.1, 0.15) is 0 Å². The molecule has 0 saturated carbocycles. The van der Waals surface area contributed by atoms with Gasteiger partial charge in [-0.25, -0.2) is 0 Å². The first-order valence-corrected chi connectivity index (χ1v) is 4.39. The molecule has 0 atom stereocenters. The van der Waals surface area contributed by atoms with Crippen molar-refractivity contribution in [1.82, 2.24) is 9.78 Å². The normalized spacial score (nSPS) is 12.3. The third kappa shape index (κ3) is 1.58. The third-order valence-electron chi connectivity index (χ3n) is 2.40. The Hall–Kier alpha value is -1.52. The van der Waals surface area contributed by atoms with Gasteiger partial charge in [0.05, 0.1) is 17.3 Å². The minimum atomic E-state index is -4.30. The first-order valence-electron chi connectivity index (χ1n) is 4.39. The Morgan fingerprint density at radius 1 is 1.27 bits per heavy atom. The smallest absolute Gasteiger partial charge is 0.268 e. The zero-order chi connectivity index (χ0) is 11.2. The van der Waals surface area contributed by atoms with Gasteiger partial charge in [-0.05, 0) is 24.6 Å². The Morgan fingerprint density at radius 2 is 1.93 bits per heavy atom. The Bertz CT molecular complexity index is 511. The summed E-state index contributed by atoms with van der Waals surface area (Å²) in [6, 6.07) is 2.26. The lowest BCUT2D eigenvalue weighted by Crippen LogP contribution is -2.05. The molecule has 0 spiro atoms. The minimum absolute atomic E-state index is 0.502.